The second-order valence-electron chi connectivity index (χ2n) is 19.4. The van der Waals surface area contributed by atoms with Crippen LogP contribution in [0.1, 0.15) is 51.7 Å². The predicted octanol–water partition coefficient (Wildman–Crippen LogP) is 17.0. The highest BCUT2D eigenvalue weighted by Crippen LogP contribution is 2.47. The lowest BCUT2D eigenvalue weighted by Crippen LogP contribution is -2.33. The fraction of sp³-hybridized carbons (Fsp3) is 0.129. The second-order valence-corrected chi connectivity index (χ2v) is 19.4. The standard InChI is InChI=1S/C62H46N4O/c1-61(2)30-31-62(3,4)54-36-45(26-29-53(54)61)42-14-11-15-43(32-42)47-35-52(57-49-16-9-10-17-55(49)67-56(57)37-47)60-65-58(41-12-7-6-8-13-41)64-59(66-60)46-23-21-40-19-18-39-20-22-44(33-50(39)51(40)34-46)38-24-27-48(63-5)28-25-38/h6-29,32-37H,30-31H2,1-4H3. The quantitative estimate of drug-likeness (QED) is 0.123. The Labute approximate surface area is 390 Å². The molecule has 2 aromatic heterocycles. The maximum absolute atomic E-state index is 7.42. The molecule has 0 saturated heterocycles. The van der Waals surface area contributed by atoms with Crippen molar-refractivity contribution < 1.29 is 4.42 Å². The second kappa shape index (κ2) is 15.5. The number of fused-ring (bicyclic) bond motifs is 7. The van der Waals surface area contributed by atoms with Crippen LogP contribution in [0.4, 0.5) is 5.69 Å². The smallest absolute Gasteiger partial charge is 0.187 e. The molecule has 0 amide bonds. The van der Waals surface area contributed by atoms with Gasteiger partial charge < -0.3 is 4.42 Å². The van der Waals surface area contributed by atoms with Crippen molar-refractivity contribution in [1.29, 1.82) is 0 Å². The van der Waals surface area contributed by atoms with Gasteiger partial charge in [-0.3, -0.25) is 0 Å². The van der Waals surface area contributed by atoms with Crippen LogP contribution >= 0.6 is 0 Å². The third-order valence-corrected chi connectivity index (χ3v) is 14.2. The number of para-hydroxylation sites is 1. The molecule has 1 aliphatic carbocycles. The van der Waals surface area contributed by atoms with E-state index in [2.05, 4.69) is 160 Å². The number of aromatic nitrogens is 3. The summed E-state index contributed by atoms with van der Waals surface area (Å²) in [7, 11) is 0. The van der Waals surface area contributed by atoms with E-state index in [1.54, 1.807) is 0 Å². The predicted molar refractivity (Wildman–Crippen MR) is 276 cm³/mol. The minimum atomic E-state index is 0.111. The summed E-state index contributed by atoms with van der Waals surface area (Å²) in [6, 6.07) is 63.9. The van der Waals surface area contributed by atoms with Crippen molar-refractivity contribution >= 4 is 49.2 Å². The van der Waals surface area contributed by atoms with E-state index in [1.807, 2.05) is 54.6 Å². The molecule has 12 rings (SSSR count). The summed E-state index contributed by atoms with van der Waals surface area (Å²) in [5.74, 6) is 1.75. The molecule has 0 saturated carbocycles. The number of furan rings is 1. The van der Waals surface area contributed by atoms with Crippen molar-refractivity contribution in [1.82, 2.24) is 15.0 Å². The van der Waals surface area contributed by atoms with Crippen molar-refractivity contribution in [3.63, 3.8) is 0 Å². The molecule has 2 heterocycles. The van der Waals surface area contributed by atoms with Gasteiger partial charge in [-0.1, -0.05) is 173 Å². The Morgan fingerprint density at radius 2 is 0.970 bits per heavy atom. The lowest BCUT2D eigenvalue weighted by Gasteiger charge is -2.42. The van der Waals surface area contributed by atoms with E-state index in [4.69, 9.17) is 25.9 Å². The molecule has 5 nitrogen and oxygen atoms in total. The summed E-state index contributed by atoms with van der Waals surface area (Å²) in [6.45, 7) is 17.0. The van der Waals surface area contributed by atoms with Crippen LogP contribution in [-0.4, -0.2) is 15.0 Å². The molecule has 0 bridgehead atoms. The monoisotopic (exact) mass is 862 g/mol. The first-order valence-electron chi connectivity index (χ1n) is 23.1. The Bertz CT molecular complexity index is 3820. The van der Waals surface area contributed by atoms with Crippen LogP contribution in [-0.2, 0) is 10.8 Å². The van der Waals surface area contributed by atoms with Crippen molar-refractivity contribution in [3.8, 4) is 67.5 Å². The molecule has 9 aromatic carbocycles. The molecule has 0 fully saturated rings. The largest absolute Gasteiger partial charge is 0.456 e. The first-order valence-corrected chi connectivity index (χ1v) is 23.1. The maximum Gasteiger partial charge on any atom is 0.187 e. The summed E-state index contributed by atoms with van der Waals surface area (Å²) in [5, 5.41) is 6.48. The van der Waals surface area contributed by atoms with Gasteiger partial charge in [-0.25, -0.2) is 19.8 Å². The Balaban J connectivity index is 1.04. The Hall–Kier alpha value is -8.20. The molecule has 0 N–H and O–H groups in total. The number of hydrogen-bond donors (Lipinski definition) is 0. The number of nitrogens with zero attached hydrogens (tertiary/aromatic N) is 4. The average Bonchev–Trinajstić information content (AvgIpc) is 3.76. The minimum absolute atomic E-state index is 0.111. The van der Waals surface area contributed by atoms with Crippen LogP contribution in [0.3, 0.4) is 0 Å². The van der Waals surface area contributed by atoms with Crippen molar-refractivity contribution in [2.75, 3.05) is 0 Å². The van der Waals surface area contributed by atoms with E-state index in [9.17, 15) is 0 Å². The number of benzene rings is 9. The van der Waals surface area contributed by atoms with Crippen molar-refractivity contribution in [3.05, 3.63) is 205 Å². The highest BCUT2D eigenvalue weighted by atomic mass is 16.3. The zero-order valence-electron chi connectivity index (χ0n) is 37.9. The molecule has 11 aromatic rings. The van der Waals surface area contributed by atoms with Crippen molar-refractivity contribution in [2.45, 2.75) is 51.4 Å². The molecule has 1 aliphatic rings. The third-order valence-electron chi connectivity index (χ3n) is 14.2. The minimum Gasteiger partial charge on any atom is -0.456 e. The zero-order chi connectivity index (χ0) is 45.4. The van der Waals surface area contributed by atoms with Gasteiger partial charge in [-0.2, -0.15) is 0 Å². The first-order chi connectivity index (χ1) is 32.6. The first kappa shape index (κ1) is 40.3. The van der Waals surface area contributed by atoms with E-state index in [0.29, 0.717) is 23.2 Å². The van der Waals surface area contributed by atoms with Crippen LogP contribution < -0.4 is 0 Å². The van der Waals surface area contributed by atoms with Crippen LogP contribution in [0.25, 0.3) is 116 Å². The summed E-state index contributed by atoms with van der Waals surface area (Å²) < 4.78 is 6.68. The van der Waals surface area contributed by atoms with Gasteiger partial charge in [0.05, 0.1) is 6.57 Å². The Morgan fingerprint density at radius 1 is 0.418 bits per heavy atom. The van der Waals surface area contributed by atoms with E-state index in [-0.39, 0.29) is 10.8 Å². The third kappa shape index (κ3) is 7.05. The fourth-order valence-corrected chi connectivity index (χ4v) is 10.3. The molecular weight excluding hydrogens is 817 g/mol. The van der Waals surface area contributed by atoms with Gasteiger partial charge in [0.2, 0.25) is 0 Å². The molecule has 0 spiro atoms. The highest BCUT2D eigenvalue weighted by Gasteiger charge is 2.37. The normalized spacial score (nSPS) is 14.1. The van der Waals surface area contributed by atoms with Crippen LogP contribution in [0.5, 0.6) is 0 Å². The van der Waals surface area contributed by atoms with E-state index < -0.39 is 0 Å². The van der Waals surface area contributed by atoms with Gasteiger partial charge in [-0.15, -0.1) is 0 Å². The molecule has 0 atom stereocenters. The van der Waals surface area contributed by atoms with Gasteiger partial charge >= 0.3 is 0 Å². The molecule has 67 heavy (non-hydrogen) atoms. The molecule has 0 unspecified atom stereocenters. The SMILES string of the molecule is [C-]#[N+]c1ccc(-c2ccc3ccc4ccc(-c5nc(-c6ccccc6)nc(-c6cc(-c7cccc(-c8ccc9c(c8)C(C)(C)CCC9(C)C)c7)cc7oc8ccccc8c67)n5)cc4c3c2)cc1. The average molecular weight is 863 g/mol. The molecule has 320 valence electrons. The summed E-state index contributed by atoms with van der Waals surface area (Å²) >= 11 is 0. The van der Waals surface area contributed by atoms with Gasteiger partial charge in [0.1, 0.15) is 11.2 Å². The zero-order valence-corrected chi connectivity index (χ0v) is 37.9. The molecule has 5 heteroatoms. The molecule has 0 radical (unpaired) electrons. The van der Waals surface area contributed by atoms with Gasteiger partial charge in [0, 0.05) is 27.5 Å². The lowest BCUT2D eigenvalue weighted by atomic mass is 9.63. The topological polar surface area (TPSA) is 56.2 Å². The Kier molecular flexibility index (Phi) is 9.31. The van der Waals surface area contributed by atoms with Crippen LogP contribution in [0, 0.1) is 6.57 Å². The van der Waals surface area contributed by atoms with E-state index >= 15 is 0 Å². The number of hydrogen-bond acceptors (Lipinski definition) is 4. The summed E-state index contributed by atoms with van der Waals surface area (Å²) in [6.07, 6.45) is 2.36. The number of rotatable bonds is 6. The summed E-state index contributed by atoms with van der Waals surface area (Å²) in [5.41, 5.74) is 14.7. The Morgan fingerprint density at radius 3 is 1.72 bits per heavy atom. The fourth-order valence-electron chi connectivity index (χ4n) is 10.3. The molecular formula is C62H46N4O. The van der Waals surface area contributed by atoms with Gasteiger partial charge in [0.25, 0.3) is 0 Å². The van der Waals surface area contributed by atoms with Crippen LogP contribution in [0.15, 0.2) is 186 Å². The van der Waals surface area contributed by atoms with Gasteiger partial charge in [0.15, 0.2) is 23.2 Å². The highest BCUT2D eigenvalue weighted by molar-refractivity contribution is 6.13. The van der Waals surface area contributed by atoms with Gasteiger partial charge in [-0.05, 0) is 126 Å². The maximum atomic E-state index is 7.42. The molecule has 0 aliphatic heterocycles. The van der Waals surface area contributed by atoms with E-state index in [1.165, 1.54) is 35.1 Å². The van der Waals surface area contributed by atoms with E-state index in [0.717, 1.165) is 82.4 Å². The van der Waals surface area contributed by atoms with Crippen LogP contribution in [0.2, 0.25) is 0 Å². The van der Waals surface area contributed by atoms with Crippen molar-refractivity contribution in [2.24, 2.45) is 0 Å². The summed E-state index contributed by atoms with van der Waals surface area (Å²) in [4.78, 5) is 19.5. The lowest BCUT2D eigenvalue weighted by molar-refractivity contribution is 0.332.